The molecule has 2 N–H and O–H groups in total. The van der Waals surface area contributed by atoms with E-state index in [9.17, 15) is 0 Å². The molecule has 0 radical (unpaired) electrons. The summed E-state index contributed by atoms with van der Waals surface area (Å²) in [4.78, 5) is 0.670. The molecule has 0 amide bonds. The lowest BCUT2D eigenvalue weighted by Crippen LogP contribution is -2.07. The molecule has 0 bridgehead atoms. The first-order valence-electron chi connectivity index (χ1n) is 4.35. The van der Waals surface area contributed by atoms with E-state index in [1.807, 2.05) is 10.8 Å². The zero-order valence-corrected chi connectivity index (χ0v) is 9.57. The molecule has 1 heterocycles. The van der Waals surface area contributed by atoms with E-state index in [1.54, 1.807) is 0 Å². The molecule has 1 rings (SSSR count). The van der Waals surface area contributed by atoms with Crippen LogP contribution in [0.1, 0.15) is 32.1 Å². The first-order chi connectivity index (χ1) is 5.79. The van der Waals surface area contributed by atoms with Gasteiger partial charge in [0.1, 0.15) is 0 Å². The number of hydrogen-bond donors (Lipinski definition) is 1. The van der Waals surface area contributed by atoms with Crippen LogP contribution in [0.25, 0.3) is 0 Å². The van der Waals surface area contributed by atoms with Gasteiger partial charge in [-0.1, -0.05) is 40.2 Å². The summed E-state index contributed by atoms with van der Waals surface area (Å²) >= 11 is 4.81. The Bertz CT molecular complexity index is 143. The Morgan fingerprint density at radius 3 is 2.92 bits per heavy atom. The predicted octanol–water partition coefficient (Wildman–Crippen LogP) is 2.99. The summed E-state index contributed by atoms with van der Waals surface area (Å²) in [5.41, 5.74) is 5.41. The molecule has 1 unspecified atom stereocenters. The highest BCUT2D eigenvalue weighted by molar-refractivity contribution is 8.77. The van der Waals surface area contributed by atoms with Crippen LogP contribution in [0.5, 0.6) is 0 Å². The molecule has 0 aromatic heterocycles. The zero-order chi connectivity index (χ0) is 8.81. The summed E-state index contributed by atoms with van der Waals surface area (Å²) in [6.07, 6.45) is 6.13. The van der Waals surface area contributed by atoms with Crippen molar-refractivity contribution in [2.24, 2.45) is 5.73 Å². The van der Waals surface area contributed by atoms with Crippen molar-refractivity contribution in [2.75, 3.05) is 5.75 Å². The van der Waals surface area contributed by atoms with Crippen molar-refractivity contribution in [2.45, 2.75) is 37.4 Å². The Morgan fingerprint density at radius 1 is 1.50 bits per heavy atom. The van der Waals surface area contributed by atoms with E-state index < -0.39 is 0 Å². The fraction of sp³-hybridized carbons (Fsp3) is 0.875. The Kier molecular flexibility index (Phi) is 5.43. The van der Waals surface area contributed by atoms with Crippen LogP contribution in [0.3, 0.4) is 0 Å². The van der Waals surface area contributed by atoms with Crippen molar-refractivity contribution in [3.63, 3.8) is 0 Å². The molecule has 1 aliphatic rings. The van der Waals surface area contributed by atoms with Gasteiger partial charge in [-0.15, -0.1) is 0 Å². The summed E-state index contributed by atoms with van der Waals surface area (Å²) in [7, 11) is 4.07. The lowest BCUT2D eigenvalue weighted by molar-refractivity contribution is 0.664. The van der Waals surface area contributed by atoms with E-state index in [0.717, 1.165) is 11.7 Å². The second-order valence-corrected chi connectivity index (χ2v) is 6.35. The monoisotopic (exact) mass is 221 g/mol. The zero-order valence-electron chi connectivity index (χ0n) is 7.12. The van der Waals surface area contributed by atoms with Gasteiger partial charge in [0.2, 0.25) is 0 Å². The maximum atomic E-state index is 5.41. The van der Waals surface area contributed by atoms with Crippen LogP contribution < -0.4 is 5.73 Å². The number of rotatable bonds is 5. The molecule has 0 aromatic carbocycles. The topological polar surface area (TPSA) is 26.0 Å². The van der Waals surface area contributed by atoms with Gasteiger partial charge < -0.3 is 5.73 Å². The van der Waals surface area contributed by atoms with E-state index in [0.29, 0.717) is 4.99 Å². The molecule has 1 nitrogen and oxygen atoms in total. The fourth-order valence-electron chi connectivity index (χ4n) is 1.24. The fourth-order valence-corrected chi connectivity index (χ4v) is 4.41. The van der Waals surface area contributed by atoms with E-state index in [2.05, 4.69) is 10.8 Å². The summed E-state index contributed by atoms with van der Waals surface area (Å²) < 4.78 is 0. The predicted molar refractivity (Wildman–Crippen MR) is 63.7 cm³/mol. The summed E-state index contributed by atoms with van der Waals surface area (Å²) in [5, 5.41) is 0.904. The van der Waals surface area contributed by atoms with Gasteiger partial charge >= 0.3 is 0 Å². The highest BCUT2D eigenvalue weighted by Gasteiger charge is 2.15. The quantitative estimate of drug-likeness (QED) is 0.438. The molecule has 1 aliphatic heterocycles. The first-order valence-corrected chi connectivity index (χ1v) is 7.14. The van der Waals surface area contributed by atoms with Crippen molar-refractivity contribution in [3.05, 3.63) is 0 Å². The number of nitrogens with two attached hydrogens (primary N) is 1. The van der Waals surface area contributed by atoms with Crippen LogP contribution >= 0.6 is 33.8 Å². The van der Waals surface area contributed by atoms with E-state index in [1.165, 1.54) is 31.4 Å². The summed E-state index contributed by atoms with van der Waals surface area (Å²) in [5.74, 6) is 1.34. The van der Waals surface area contributed by atoms with Crippen LogP contribution in [0.2, 0.25) is 0 Å². The molecule has 70 valence electrons. The Hall–Kier alpha value is 0.590. The smallest absolute Gasteiger partial charge is 0.0727 e. The van der Waals surface area contributed by atoms with Gasteiger partial charge in [-0.2, -0.15) is 0 Å². The second-order valence-electron chi connectivity index (χ2n) is 3.04. The number of unbranched alkanes of at least 4 members (excludes halogenated alkanes) is 1. The van der Waals surface area contributed by atoms with Gasteiger partial charge in [-0.25, -0.2) is 0 Å². The van der Waals surface area contributed by atoms with Crippen molar-refractivity contribution < 1.29 is 0 Å². The minimum atomic E-state index is 0.670. The largest absolute Gasteiger partial charge is 0.393 e. The van der Waals surface area contributed by atoms with Gasteiger partial charge in [0, 0.05) is 11.0 Å². The molecular formula is C8H15NS3. The van der Waals surface area contributed by atoms with Crippen LogP contribution in [-0.2, 0) is 0 Å². The van der Waals surface area contributed by atoms with Gasteiger partial charge in [0.15, 0.2) is 0 Å². The van der Waals surface area contributed by atoms with E-state index in [4.69, 9.17) is 18.0 Å². The minimum absolute atomic E-state index is 0.670. The summed E-state index contributed by atoms with van der Waals surface area (Å²) in [6.45, 7) is 0. The average Bonchev–Trinajstić information content (AvgIpc) is 2.49. The molecular weight excluding hydrogens is 206 g/mol. The van der Waals surface area contributed by atoms with Crippen LogP contribution in [0.15, 0.2) is 0 Å². The molecule has 0 spiro atoms. The molecule has 0 aromatic rings. The van der Waals surface area contributed by atoms with Crippen molar-refractivity contribution in [3.8, 4) is 0 Å². The highest BCUT2D eigenvalue weighted by atomic mass is 33.1. The standard InChI is InChI=1S/C8H15NS3/c9-8(10)4-2-1-3-7-5-6-11-12-7/h7H,1-6H2,(H2,9,10). The molecule has 0 aliphatic carbocycles. The Balaban J connectivity index is 1.91. The molecule has 4 heteroatoms. The number of hydrogen-bond acceptors (Lipinski definition) is 3. The third kappa shape index (κ3) is 4.58. The third-order valence-corrected chi connectivity index (χ3v) is 5.14. The van der Waals surface area contributed by atoms with E-state index in [-0.39, 0.29) is 0 Å². The van der Waals surface area contributed by atoms with E-state index >= 15 is 0 Å². The van der Waals surface area contributed by atoms with Crippen molar-refractivity contribution in [1.29, 1.82) is 0 Å². The van der Waals surface area contributed by atoms with Crippen molar-refractivity contribution >= 4 is 38.8 Å². The highest BCUT2D eigenvalue weighted by Crippen LogP contribution is 2.39. The van der Waals surface area contributed by atoms with Gasteiger partial charge in [0.25, 0.3) is 0 Å². The normalized spacial score (nSPS) is 22.8. The van der Waals surface area contributed by atoms with Gasteiger partial charge in [0.05, 0.1) is 4.99 Å². The lowest BCUT2D eigenvalue weighted by Gasteiger charge is -2.05. The second kappa shape index (κ2) is 6.11. The van der Waals surface area contributed by atoms with Crippen LogP contribution in [0, 0.1) is 0 Å². The molecule has 0 saturated carbocycles. The Morgan fingerprint density at radius 2 is 2.33 bits per heavy atom. The minimum Gasteiger partial charge on any atom is -0.393 e. The van der Waals surface area contributed by atoms with Gasteiger partial charge in [-0.05, 0) is 25.7 Å². The maximum Gasteiger partial charge on any atom is 0.0727 e. The molecule has 12 heavy (non-hydrogen) atoms. The van der Waals surface area contributed by atoms with Crippen molar-refractivity contribution in [1.82, 2.24) is 0 Å². The lowest BCUT2D eigenvalue weighted by atomic mass is 10.1. The molecule has 1 saturated heterocycles. The molecule has 1 atom stereocenters. The first kappa shape index (κ1) is 10.7. The van der Waals surface area contributed by atoms with Crippen LogP contribution in [0.4, 0.5) is 0 Å². The Labute approximate surface area is 87.6 Å². The number of thiocarbonyl (C=S) groups is 1. The average molecular weight is 221 g/mol. The maximum absolute atomic E-state index is 5.41. The summed E-state index contributed by atoms with van der Waals surface area (Å²) in [6, 6.07) is 0. The molecule has 1 fully saturated rings. The SMILES string of the molecule is NC(=S)CCCCC1CCSS1. The third-order valence-electron chi connectivity index (χ3n) is 1.93. The van der Waals surface area contributed by atoms with Gasteiger partial charge in [-0.3, -0.25) is 0 Å². The van der Waals surface area contributed by atoms with Crippen LogP contribution in [-0.4, -0.2) is 16.0 Å².